The average Bonchev–Trinajstić information content (AvgIpc) is 3.00. The van der Waals surface area contributed by atoms with Crippen molar-refractivity contribution in [3.63, 3.8) is 0 Å². The lowest BCUT2D eigenvalue weighted by atomic mass is 10.2. The zero-order valence-corrected chi connectivity index (χ0v) is 15.3. The van der Waals surface area contributed by atoms with E-state index in [0.717, 1.165) is 0 Å². The molecule has 1 N–H and O–H groups in total. The highest BCUT2D eigenvalue weighted by Gasteiger charge is 2.33. The highest BCUT2D eigenvalue weighted by molar-refractivity contribution is 8.00. The summed E-state index contributed by atoms with van der Waals surface area (Å²) in [4.78, 5) is 34.4. The molecule has 0 radical (unpaired) electrons. The maximum atomic E-state index is 13.4. The van der Waals surface area contributed by atoms with Crippen LogP contribution in [-0.4, -0.2) is 60.4 Å². The van der Waals surface area contributed by atoms with Crippen LogP contribution < -0.4 is 10.1 Å². The predicted octanol–water partition coefficient (Wildman–Crippen LogP) is 0.966. The van der Waals surface area contributed by atoms with Gasteiger partial charge in [0.25, 0.3) is 0 Å². The van der Waals surface area contributed by atoms with Crippen molar-refractivity contribution in [3.05, 3.63) is 34.3 Å². The van der Waals surface area contributed by atoms with Gasteiger partial charge in [-0.05, 0) is 0 Å². The Hall–Kier alpha value is -2.29. The second-order valence-electron chi connectivity index (χ2n) is 5.70. The van der Waals surface area contributed by atoms with Gasteiger partial charge in [-0.15, -0.1) is 0 Å². The van der Waals surface area contributed by atoms with Crippen molar-refractivity contribution in [1.82, 2.24) is 5.32 Å². The van der Waals surface area contributed by atoms with Crippen molar-refractivity contribution in [2.24, 2.45) is 0 Å². The third kappa shape index (κ3) is 5.41. The molecule has 0 aliphatic carbocycles. The van der Waals surface area contributed by atoms with Crippen LogP contribution in [0, 0.1) is 34.3 Å². The minimum atomic E-state index is -2.41. The monoisotopic (exact) mass is 444 g/mol. The van der Waals surface area contributed by atoms with Gasteiger partial charge in [0, 0.05) is 0 Å². The van der Waals surface area contributed by atoms with E-state index in [-0.39, 0.29) is 24.7 Å². The summed E-state index contributed by atoms with van der Waals surface area (Å²) in [6.45, 7) is -2.11. The molecule has 1 saturated heterocycles. The molecular weight excluding hydrogens is 431 g/mol. The summed E-state index contributed by atoms with van der Waals surface area (Å²) >= 11 is 1.17. The van der Waals surface area contributed by atoms with Crippen LogP contribution in [0.15, 0.2) is 0 Å². The topological polar surface area (TPSA) is 105 Å². The van der Waals surface area contributed by atoms with Crippen LogP contribution in [0.2, 0.25) is 0 Å². The molecule has 14 heteroatoms. The number of thioether (sulfide) groups is 1. The third-order valence-corrected chi connectivity index (χ3v) is 4.66. The largest absolute Gasteiger partial charge is 0.625 e. The van der Waals surface area contributed by atoms with E-state index in [1.165, 1.54) is 11.8 Å². The summed E-state index contributed by atoms with van der Waals surface area (Å²) in [6, 6.07) is 0. The first-order valence-corrected chi connectivity index (χ1v) is 8.98. The Labute approximate surface area is 164 Å². The first-order valence-electron chi connectivity index (χ1n) is 7.82. The summed E-state index contributed by atoms with van der Waals surface area (Å²) in [5.74, 6) is -16.2. The molecule has 2 rings (SSSR count). The van der Waals surface area contributed by atoms with E-state index in [9.17, 15) is 41.5 Å². The van der Waals surface area contributed by atoms with Gasteiger partial charge in [0.1, 0.15) is 31.4 Å². The van der Waals surface area contributed by atoms with Gasteiger partial charge in [-0.1, -0.05) is 11.8 Å². The van der Waals surface area contributed by atoms with Gasteiger partial charge in [-0.25, -0.2) is 22.8 Å². The van der Waals surface area contributed by atoms with E-state index in [1.54, 1.807) is 0 Å². The van der Waals surface area contributed by atoms with Crippen molar-refractivity contribution in [2.75, 3.05) is 37.9 Å². The second-order valence-corrected chi connectivity index (χ2v) is 6.66. The van der Waals surface area contributed by atoms with E-state index in [1.807, 2.05) is 0 Å². The molecule has 29 heavy (non-hydrogen) atoms. The smallest absolute Gasteiger partial charge is 0.337 e. The van der Waals surface area contributed by atoms with Crippen LogP contribution in [0.25, 0.3) is 0 Å². The van der Waals surface area contributed by atoms with Gasteiger partial charge in [0.15, 0.2) is 0 Å². The van der Waals surface area contributed by atoms with E-state index in [0.29, 0.717) is 0 Å². The number of esters is 1. The number of rotatable bonds is 8. The Morgan fingerprint density at radius 2 is 1.62 bits per heavy atom. The summed E-state index contributed by atoms with van der Waals surface area (Å²) in [7, 11) is 0. The normalized spacial score (nSPS) is 18.8. The fraction of sp³-hybridized carbons (Fsp3) is 0.400. The molecule has 0 saturated carbocycles. The average molecular weight is 444 g/mol. The van der Waals surface area contributed by atoms with Crippen LogP contribution in [0.5, 0.6) is 5.75 Å². The van der Waals surface area contributed by atoms with E-state index in [4.69, 9.17) is 0 Å². The fourth-order valence-corrected chi connectivity index (χ4v) is 3.20. The lowest BCUT2D eigenvalue weighted by Gasteiger charge is -2.34. The number of halogens is 5. The summed E-state index contributed by atoms with van der Waals surface area (Å²) in [5, 5.41) is 14.3. The number of quaternary nitrogens is 1. The Balaban J connectivity index is 1.76. The zero-order valence-electron chi connectivity index (χ0n) is 14.4. The van der Waals surface area contributed by atoms with Crippen LogP contribution in [-0.2, 0) is 19.1 Å². The molecule has 0 aromatic heterocycles. The van der Waals surface area contributed by atoms with Crippen LogP contribution in [0.3, 0.4) is 0 Å². The molecule has 1 aliphatic heterocycles. The number of carbonyl (C=O) groups is 3. The number of nitrogens with one attached hydrogen (secondary N) is 1. The molecule has 2 amide bonds. The number of hydroxylamine groups is 3. The molecule has 1 heterocycles. The van der Waals surface area contributed by atoms with Crippen molar-refractivity contribution in [2.45, 2.75) is 0 Å². The van der Waals surface area contributed by atoms with Gasteiger partial charge in [-0.3, -0.25) is 9.44 Å². The Bertz CT molecular complexity index is 813. The minimum Gasteiger partial charge on any atom is -0.625 e. The first-order chi connectivity index (χ1) is 13.6. The molecule has 1 unspecified atom stereocenters. The summed E-state index contributed by atoms with van der Waals surface area (Å²) in [6.07, 6.45) is 0. The Morgan fingerprint density at radius 1 is 1.03 bits per heavy atom. The number of benzene rings is 1. The van der Waals surface area contributed by atoms with Crippen molar-refractivity contribution in [1.29, 1.82) is 0 Å². The van der Waals surface area contributed by atoms with Gasteiger partial charge in [0.2, 0.25) is 40.7 Å². The van der Waals surface area contributed by atoms with E-state index >= 15 is 0 Å². The molecule has 0 bridgehead atoms. The number of nitrogens with zero attached hydrogens (tertiary/aromatic N) is 1. The van der Waals surface area contributed by atoms with Gasteiger partial charge in [-0.2, -0.15) is 8.78 Å². The van der Waals surface area contributed by atoms with E-state index in [2.05, 4.69) is 14.8 Å². The van der Waals surface area contributed by atoms with Crippen molar-refractivity contribution >= 4 is 29.5 Å². The number of amides is 2. The molecule has 1 atom stereocenters. The lowest BCUT2D eigenvalue weighted by Crippen LogP contribution is -2.48. The van der Waals surface area contributed by atoms with E-state index < -0.39 is 70.5 Å². The first kappa shape index (κ1) is 23.0. The standard InChI is InChI=1S/C15H13F5N2O6S/c16-10-11(17)13(19)15(14(20)12(10)18)28-9(25)4-27-3-7(23)21-1-2-22(26)6-29-5-8(22)24/h1-6H2,(H,21,23). The molecular formula is C15H13F5N2O6S. The molecule has 1 fully saturated rings. The minimum absolute atomic E-state index is 0.0364. The SMILES string of the molecule is O=C(COCC(=O)Oc1c(F)c(F)c(F)c(F)c1F)NCC[N+]1([O-])CSCC1=O. The van der Waals surface area contributed by atoms with Gasteiger partial charge >= 0.3 is 11.9 Å². The number of carbonyl (C=O) groups excluding carboxylic acids is 3. The van der Waals surface area contributed by atoms with Gasteiger partial charge < -0.3 is 20.0 Å². The van der Waals surface area contributed by atoms with Gasteiger partial charge in [0.05, 0.1) is 6.54 Å². The molecule has 8 nitrogen and oxygen atoms in total. The van der Waals surface area contributed by atoms with Crippen molar-refractivity contribution in [3.8, 4) is 5.75 Å². The highest BCUT2D eigenvalue weighted by atomic mass is 32.2. The van der Waals surface area contributed by atoms with Crippen LogP contribution in [0.4, 0.5) is 22.0 Å². The maximum Gasteiger partial charge on any atom is 0.337 e. The summed E-state index contributed by atoms with van der Waals surface area (Å²) < 4.78 is 73.3. The zero-order chi connectivity index (χ0) is 21.8. The van der Waals surface area contributed by atoms with Crippen LogP contribution in [0.1, 0.15) is 0 Å². The second kappa shape index (κ2) is 9.47. The molecule has 1 aromatic rings. The molecule has 1 aromatic carbocycles. The predicted molar refractivity (Wildman–Crippen MR) is 86.5 cm³/mol. The number of hydrogen-bond donors (Lipinski definition) is 1. The fourth-order valence-electron chi connectivity index (χ4n) is 2.13. The third-order valence-electron chi connectivity index (χ3n) is 3.61. The molecule has 160 valence electrons. The Morgan fingerprint density at radius 3 is 2.17 bits per heavy atom. The number of hydrogen-bond acceptors (Lipinski definition) is 7. The highest BCUT2D eigenvalue weighted by Crippen LogP contribution is 2.29. The van der Waals surface area contributed by atoms with Crippen LogP contribution >= 0.6 is 11.8 Å². The lowest BCUT2D eigenvalue weighted by molar-refractivity contribution is -0.784. The van der Waals surface area contributed by atoms with Crippen molar-refractivity contribution < 1.29 is 50.5 Å². The Kier molecular flexibility index (Phi) is 7.51. The molecule has 1 aliphatic rings. The summed E-state index contributed by atoms with van der Waals surface area (Å²) in [5.41, 5.74) is 0. The number of ether oxygens (including phenoxy) is 2. The molecule has 0 spiro atoms. The maximum absolute atomic E-state index is 13.4. The quantitative estimate of drug-likeness (QED) is 0.121.